The zero-order valence-corrected chi connectivity index (χ0v) is 18.3. The van der Waals surface area contributed by atoms with Crippen LogP contribution in [0, 0.1) is 6.92 Å². The molecule has 1 aromatic carbocycles. The van der Waals surface area contributed by atoms with Crippen LogP contribution in [0.2, 0.25) is 0 Å². The Morgan fingerprint density at radius 2 is 1.68 bits per heavy atom. The maximum Gasteiger partial charge on any atom is 0.325 e. The van der Waals surface area contributed by atoms with E-state index < -0.39 is 17.5 Å². The first-order valence-corrected chi connectivity index (χ1v) is 11.0. The standard InChI is InChI=1S/C22H24N4O4S/c1-15-5-7-16(8-6-15)22(2)20(29)26(21(30)23-22)14-18(27)24-9-11-25(12-10-24)19(28)17-4-3-13-31-17/h3-8,13H,9-12,14H2,1-2H3,(H,23,30)/t22-/m1/s1. The van der Waals surface area contributed by atoms with Crippen molar-refractivity contribution in [3.8, 4) is 0 Å². The second kappa shape index (κ2) is 8.14. The average molecular weight is 441 g/mol. The van der Waals surface area contributed by atoms with Crippen molar-refractivity contribution in [2.75, 3.05) is 32.7 Å². The highest BCUT2D eigenvalue weighted by atomic mass is 32.1. The molecular weight excluding hydrogens is 416 g/mol. The van der Waals surface area contributed by atoms with E-state index in [4.69, 9.17) is 0 Å². The fourth-order valence-electron chi connectivity index (χ4n) is 3.87. The molecule has 2 saturated heterocycles. The van der Waals surface area contributed by atoms with E-state index >= 15 is 0 Å². The Morgan fingerprint density at radius 1 is 1.03 bits per heavy atom. The molecule has 0 saturated carbocycles. The third-order valence-electron chi connectivity index (χ3n) is 5.85. The van der Waals surface area contributed by atoms with Crippen LogP contribution in [0.3, 0.4) is 0 Å². The van der Waals surface area contributed by atoms with Gasteiger partial charge in [0.05, 0.1) is 4.88 Å². The molecule has 0 unspecified atom stereocenters. The van der Waals surface area contributed by atoms with Gasteiger partial charge in [0.15, 0.2) is 0 Å². The van der Waals surface area contributed by atoms with Crippen LogP contribution >= 0.6 is 11.3 Å². The predicted molar refractivity (Wildman–Crippen MR) is 116 cm³/mol. The molecule has 1 atom stereocenters. The number of nitrogens with one attached hydrogen (secondary N) is 1. The SMILES string of the molecule is Cc1ccc([C@@]2(C)NC(=O)N(CC(=O)N3CCN(C(=O)c4cccs4)CC3)C2=O)cc1. The lowest BCUT2D eigenvalue weighted by molar-refractivity contribution is -0.139. The third kappa shape index (κ3) is 3.93. The highest BCUT2D eigenvalue weighted by Gasteiger charge is 2.49. The number of amides is 5. The highest BCUT2D eigenvalue weighted by molar-refractivity contribution is 7.12. The molecule has 9 heteroatoms. The van der Waals surface area contributed by atoms with Gasteiger partial charge in [0.25, 0.3) is 11.8 Å². The van der Waals surface area contributed by atoms with Gasteiger partial charge in [-0.3, -0.25) is 19.3 Å². The lowest BCUT2D eigenvalue weighted by atomic mass is 9.91. The van der Waals surface area contributed by atoms with Crippen molar-refractivity contribution in [2.45, 2.75) is 19.4 Å². The van der Waals surface area contributed by atoms with Crippen molar-refractivity contribution >= 4 is 35.1 Å². The molecule has 2 aliphatic heterocycles. The van der Waals surface area contributed by atoms with E-state index in [1.165, 1.54) is 11.3 Å². The summed E-state index contributed by atoms with van der Waals surface area (Å²) in [6.07, 6.45) is 0. The van der Waals surface area contributed by atoms with E-state index in [2.05, 4.69) is 5.32 Å². The number of rotatable bonds is 4. The van der Waals surface area contributed by atoms with Gasteiger partial charge in [-0.15, -0.1) is 11.3 Å². The van der Waals surface area contributed by atoms with Gasteiger partial charge >= 0.3 is 6.03 Å². The Morgan fingerprint density at radius 3 is 2.29 bits per heavy atom. The van der Waals surface area contributed by atoms with E-state index in [9.17, 15) is 19.2 Å². The van der Waals surface area contributed by atoms with E-state index in [0.29, 0.717) is 36.6 Å². The number of nitrogens with zero attached hydrogens (tertiary/aromatic N) is 3. The van der Waals surface area contributed by atoms with Crippen LogP contribution in [0.5, 0.6) is 0 Å². The van der Waals surface area contributed by atoms with Crippen molar-refractivity contribution in [3.05, 3.63) is 57.8 Å². The number of carbonyl (C=O) groups is 4. The maximum absolute atomic E-state index is 13.0. The number of imide groups is 1. The molecule has 0 radical (unpaired) electrons. The van der Waals surface area contributed by atoms with E-state index in [0.717, 1.165) is 10.5 Å². The first-order chi connectivity index (χ1) is 14.8. The quantitative estimate of drug-likeness (QED) is 0.735. The fraction of sp³-hybridized carbons (Fsp3) is 0.364. The first-order valence-electron chi connectivity index (χ1n) is 10.1. The number of urea groups is 1. The summed E-state index contributed by atoms with van der Waals surface area (Å²) in [7, 11) is 0. The number of thiophene rings is 1. The number of carbonyl (C=O) groups excluding carboxylic acids is 4. The number of hydrogen-bond donors (Lipinski definition) is 1. The number of hydrogen-bond acceptors (Lipinski definition) is 5. The van der Waals surface area contributed by atoms with Crippen LogP contribution in [-0.4, -0.2) is 71.2 Å². The molecular formula is C22H24N4O4S. The Bertz CT molecular complexity index is 1010. The van der Waals surface area contributed by atoms with Gasteiger partial charge in [0.1, 0.15) is 12.1 Å². The van der Waals surface area contributed by atoms with E-state index in [-0.39, 0.29) is 18.4 Å². The molecule has 3 heterocycles. The molecule has 2 aromatic rings. The molecule has 1 aromatic heterocycles. The zero-order valence-electron chi connectivity index (χ0n) is 17.5. The van der Waals surface area contributed by atoms with Crippen LogP contribution in [0.15, 0.2) is 41.8 Å². The molecule has 0 aliphatic carbocycles. The van der Waals surface area contributed by atoms with Crippen molar-refractivity contribution < 1.29 is 19.2 Å². The summed E-state index contributed by atoms with van der Waals surface area (Å²) >= 11 is 1.39. The Balaban J connectivity index is 1.37. The minimum Gasteiger partial charge on any atom is -0.338 e. The van der Waals surface area contributed by atoms with Crippen LogP contribution in [0.4, 0.5) is 4.79 Å². The van der Waals surface area contributed by atoms with Crippen molar-refractivity contribution in [3.63, 3.8) is 0 Å². The molecule has 162 valence electrons. The fourth-order valence-corrected chi connectivity index (χ4v) is 4.56. The van der Waals surface area contributed by atoms with Crippen molar-refractivity contribution in [2.24, 2.45) is 0 Å². The predicted octanol–water partition coefficient (Wildman–Crippen LogP) is 1.81. The molecule has 5 amide bonds. The lowest BCUT2D eigenvalue weighted by Gasteiger charge is -2.35. The molecule has 31 heavy (non-hydrogen) atoms. The molecule has 2 aliphatic rings. The van der Waals surface area contributed by atoms with Crippen molar-refractivity contribution in [1.29, 1.82) is 0 Å². The number of piperazine rings is 1. The van der Waals surface area contributed by atoms with Crippen LogP contribution in [-0.2, 0) is 15.1 Å². The van der Waals surface area contributed by atoms with Gasteiger partial charge in [-0.1, -0.05) is 35.9 Å². The summed E-state index contributed by atoms with van der Waals surface area (Å²) in [5, 5.41) is 4.58. The van der Waals surface area contributed by atoms with Gasteiger partial charge in [0.2, 0.25) is 5.91 Å². The first kappa shape index (κ1) is 21.0. The lowest BCUT2D eigenvalue weighted by Crippen LogP contribution is -2.53. The largest absolute Gasteiger partial charge is 0.338 e. The van der Waals surface area contributed by atoms with Crippen LogP contribution in [0.25, 0.3) is 0 Å². The average Bonchev–Trinajstić information content (AvgIpc) is 3.38. The maximum atomic E-state index is 13.0. The monoisotopic (exact) mass is 440 g/mol. The molecule has 2 fully saturated rings. The van der Waals surface area contributed by atoms with Gasteiger partial charge in [-0.25, -0.2) is 4.79 Å². The number of benzene rings is 1. The van der Waals surface area contributed by atoms with Crippen LogP contribution < -0.4 is 5.32 Å². The minimum atomic E-state index is -1.20. The second-order valence-corrected chi connectivity index (χ2v) is 8.91. The molecule has 0 spiro atoms. The third-order valence-corrected chi connectivity index (χ3v) is 6.71. The van der Waals surface area contributed by atoms with E-state index in [1.54, 1.807) is 22.8 Å². The van der Waals surface area contributed by atoms with E-state index in [1.807, 2.05) is 42.6 Å². The summed E-state index contributed by atoms with van der Waals surface area (Å²) < 4.78 is 0. The van der Waals surface area contributed by atoms with Gasteiger partial charge in [-0.2, -0.15) is 0 Å². The normalized spacial score (nSPS) is 21.4. The van der Waals surface area contributed by atoms with Crippen molar-refractivity contribution in [1.82, 2.24) is 20.0 Å². The molecule has 0 bridgehead atoms. The molecule has 1 N–H and O–H groups in total. The Hall–Kier alpha value is -3.20. The molecule has 4 rings (SSSR count). The second-order valence-electron chi connectivity index (χ2n) is 7.96. The Kier molecular flexibility index (Phi) is 5.53. The van der Waals surface area contributed by atoms with Crippen LogP contribution in [0.1, 0.15) is 27.7 Å². The van der Waals surface area contributed by atoms with Gasteiger partial charge in [0, 0.05) is 26.2 Å². The summed E-state index contributed by atoms with van der Waals surface area (Å²) in [6.45, 7) is 4.86. The Labute approximate surface area is 184 Å². The summed E-state index contributed by atoms with van der Waals surface area (Å²) in [5.74, 6) is -0.786. The highest BCUT2D eigenvalue weighted by Crippen LogP contribution is 2.29. The smallest absolute Gasteiger partial charge is 0.325 e. The van der Waals surface area contributed by atoms with Gasteiger partial charge in [-0.05, 0) is 30.9 Å². The molecule has 8 nitrogen and oxygen atoms in total. The minimum absolute atomic E-state index is 0.0370. The van der Waals surface area contributed by atoms with Gasteiger partial charge < -0.3 is 15.1 Å². The summed E-state index contributed by atoms with van der Waals surface area (Å²) in [6, 6.07) is 10.4. The topological polar surface area (TPSA) is 90.0 Å². The summed E-state index contributed by atoms with van der Waals surface area (Å²) in [4.78, 5) is 55.8. The number of aryl methyl sites for hydroxylation is 1. The summed E-state index contributed by atoms with van der Waals surface area (Å²) in [5.41, 5.74) is 0.525. The zero-order chi connectivity index (χ0) is 22.2.